The average Bonchev–Trinajstić information content (AvgIpc) is 3.49. The minimum absolute atomic E-state index is 0.615. The van der Waals surface area contributed by atoms with Crippen LogP contribution < -0.4 is 4.90 Å². The summed E-state index contributed by atoms with van der Waals surface area (Å²) in [6, 6.07) is 8.54. The number of hydrogen-bond donors (Lipinski definition) is 1. The molecule has 148 valence electrons. The van der Waals surface area contributed by atoms with Gasteiger partial charge in [0.2, 0.25) is 5.95 Å². The van der Waals surface area contributed by atoms with Gasteiger partial charge in [-0.2, -0.15) is 0 Å². The predicted octanol–water partition coefficient (Wildman–Crippen LogP) is 5.35. The van der Waals surface area contributed by atoms with Crippen LogP contribution >= 0.6 is 0 Å². The summed E-state index contributed by atoms with van der Waals surface area (Å²) >= 11 is 0. The molecule has 2 aliphatic rings. The lowest BCUT2D eigenvalue weighted by Crippen LogP contribution is -2.40. The Morgan fingerprint density at radius 2 is 1.86 bits per heavy atom. The fourth-order valence-corrected chi connectivity index (χ4v) is 5.72. The van der Waals surface area contributed by atoms with E-state index >= 15 is 0 Å². The molecule has 1 aliphatic carbocycles. The highest BCUT2D eigenvalue weighted by molar-refractivity contribution is 5.99. The fourth-order valence-electron chi connectivity index (χ4n) is 5.72. The van der Waals surface area contributed by atoms with Gasteiger partial charge in [0.25, 0.3) is 0 Å². The highest BCUT2D eigenvalue weighted by Crippen LogP contribution is 2.46. The van der Waals surface area contributed by atoms with Gasteiger partial charge in [0.1, 0.15) is 5.65 Å². The van der Waals surface area contributed by atoms with Crippen LogP contribution in [0.1, 0.15) is 44.2 Å². The Balaban J connectivity index is 1.44. The molecular formula is C24H27N5. The first-order valence-electron chi connectivity index (χ1n) is 10.9. The van der Waals surface area contributed by atoms with Crippen LogP contribution in [0.3, 0.4) is 0 Å². The molecule has 1 saturated heterocycles. The number of aromatic amines is 1. The molecule has 2 fully saturated rings. The van der Waals surface area contributed by atoms with Crippen LogP contribution in [-0.4, -0.2) is 32.4 Å². The van der Waals surface area contributed by atoms with E-state index in [-0.39, 0.29) is 0 Å². The predicted molar refractivity (Wildman–Crippen MR) is 117 cm³/mol. The second-order valence-electron chi connectivity index (χ2n) is 8.93. The monoisotopic (exact) mass is 385 g/mol. The van der Waals surface area contributed by atoms with Gasteiger partial charge >= 0.3 is 0 Å². The Morgan fingerprint density at radius 1 is 1.03 bits per heavy atom. The molecule has 4 aromatic rings. The molecule has 5 heteroatoms. The second kappa shape index (κ2) is 6.34. The summed E-state index contributed by atoms with van der Waals surface area (Å²) in [5.74, 6) is 1.05. The Labute approximate surface area is 170 Å². The summed E-state index contributed by atoms with van der Waals surface area (Å²) in [6.07, 6.45) is 14.3. The molecule has 1 N–H and O–H groups in total. The molecule has 29 heavy (non-hydrogen) atoms. The maximum atomic E-state index is 5.12. The van der Waals surface area contributed by atoms with Crippen LogP contribution in [0.15, 0.2) is 42.9 Å². The summed E-state index contributed by atoms with van der Waals surface area (Å²) in [5.41, 5.74) is 6.14. The van der Waals surface area contributed by atoms with E-state index in [2.05, 4.69) is 51.7 Å². The summed E-state index contributed by atoms with van der Waals surface area (Å²) in [4.78, 5) is 15.7. The Kier molecular flexibility index (Phi) is 3.73. The smallest absolute Gasteiger partial charge is 0.211 e. The van der Waals surface area contributed by atoms with Crippen LogP contribution in [0, 0.1) is 12.3 Å². The summed E-state index contributed by atoms with van der Waals surface area (Å²) in [6.45, 7) is 4.33. The zero-order valence-corrected chi connectivity index (χ0v) is 17.0. The quantitative estimate of drug-likeness (QED) is 0.506. The number of piperidine rings is 1. The number of benzene rings is 1. The van der Waals surface area contributed by atoms with Crippen molar-refractivity contribution in [2.45, 2.75) is 45.4 Å². The lowest BCUT2D eigenvalue weighted by atomic mass is 9.77. The van der Waals surface area contributed by atoms with Gasteiger partial charge in [-0.1, -0.05) is 25.0 Å². The second-order valence-corrected chi connectivity index (χ2v) is 8.93. The molecule has 0 atom stereocenters. The molecule has 0 amide bonds. The van der Waals surface area contributed by atoms with Crippen LogP contribution in [0.25, 0.3) is 27.7 Å². The van der Waals surface area contributed by atoms with E-state index < -0.39 is 0 Å². The molecular weight excluding hydrogens is 358 g/mol. The van der Waals surface area contributed by atoms with Gasteiger partial charge in [-0.25, -0.2) is 9.97 Å². The number of fused-ring (bicyclic) bond motifs is 2. The van der Waals surface area contributed by atoms with Gasteiger partial charge < -0.3 is 9.88 Å². The molecule has 1 aromatic carbocycles. The molecule has 1 saturated carbocycles. The Bertz CT molecular complexity index is 1180. The van der Waals surface area contributed by atoms with Crippen molar-refractivity contribution in [1.82, 2.24) is 19.4 Å². The van der Waals surface area contributed by atoms with Crippen molar-refractivity contribution >= 4 is 22.5 Å². The molecule has 6 rings (SSSR count). The number of nitrogens with one attached hydrogen (secondary N) is 1. The minimum atomic E-state index is 0.615. The zero-order chi connectivity index (χ0) is 19.4. The fraction of sp³-hybridized carbons (Fsp3) is 0.417. The number of anilines is 1. The van der Waals surface area contributed by atoms with Gasteiger partial charge in [0, 0.05) is 48.1 Å². The van der Waals surface area contributed by atoms with E-state index in [0.29, 0.717) is 5.41 Å². The Morgan fingerprint density at radius 3 is 2.69 bits per heavy atom. The molecule has 1 spiro atoms. The van der Waals surface area contributed by atoms with E-state index in [4.69, 9.17) is 9.97 Å². The van der Waals surface area contributed by atoms with E-state index in [1.165, 1.54) is 49.5 Å². The van der Waals surface area contributed by atoms with Crippen molar-refractivity contribution in [3.63, 3.8) is 0 Å². The minimum Gasteiger partial charge on any atom is -0.361 e. The highest BCUT2D eigenvalue weighted by atomic mass is 15.3. The van der Waals surface area contributed by atoms with E-state index in [1.807, 2.05) is 12.4 Å². The van der Waals surface area contributed by atoms with Gasteiger partial charge in [0.05, 0.1) is 5.69 Å². The van der Waals surface area contributed by atoms with E-state index in [9.17, 15) is 0 Å². The molecule has 0 radical (unpaired) electrons. The topological polar surface area (TPSA) is 49.2 Å². The molecule has 4 heterocycles. The number of H-pyrrole nitrogens is 1. The number of hydrogen-bond acceptors (Lipinski definition) is 3. The van der Waals surface area contributed by atoms with Crippen molar-refractivity contribution in [2.75, 3.05) is 18.0 Å². The number of aromatic nitrogens is 4. The molecule has 5 nitrogen and oxygen atoms in total. The SMILES string of the molecule is Cc1nc(N2CCC3(CCCC3)CC2)n2ccnc2c1-c1cccc2[nH]ccc12. The normalized spacial score (nSPS) is 19.0. The maximum absolute atomic E-state index is 5.12. The first-order chi connectivity index (χ1) is 14.2. The van der Waals surface area contributed by atoms with Crippen LogP contribution in [0.4, 0.5) is 5.95 Å². The third kappa shape index (κ3) is 2.60. The Hall–Kier alpha value is -2.82. The first-order valence-corrected chi connectivity index (χ1v) is 10.9. The number of imidazole rings is 1. The highest BCUT2D eigenvalue weighted by Gasteiger charge is 2.37. The van der Waals surface area contributed by atoms with Gasteiger partial charge in [-0.05, 0) is 55.7 Å². The molecule has 0 bridgehead atoms. The van der Waals surface area contributed by atoms with E-state index in [0.717, 1.165) is 41.5 Å². The first kappa shape index (κ1) is 17.1. The van der Waals surface area contributed by atoms with Crippen LogP contribution in [-0.2, 0) is 0 Å². The van der Waals surface area contributed by atoms with Gasteiger partial charge in [0.15, 0.2) is 0 Å². The number of rotatable bonds is 2. The van der Waals surface area contributed by atoms with Crippen molar-refractivity contribution in [1.29, 1.82) is 0 Å². The lowest BCUT2D eigenvalue weighted by Gasteiger charge is -2.40. The maximum Gasteiger partial charge on any atom is 0.211 e. The molecule has 3 aromatic heterocycles. The molecule has 1 aliphatic heterocycles. The number of aryl methyl sites for hydroxylation is 1. The number of nitrogens with zero attached hydrogens (tertiary/aromatic N) is 4. The lowest BCUT2D eigenvalue weighted by molar-refractivity contribution is 0.225. The summed E-state index contributed by atoms with van der Waals surface area (Å²) in [5, 5.41) is 1.22. The van der Waals surface area contributed by atoms with Crippen LogP contribution in [0.2, 0.25) is 0 Å². The van der Waals surface area contributed by atoms with Crippen molar-refractivity contribution < 1.29 is 0 Å². The van der Waals surface area contributed by atoms with Crippen molar-refractivity contribution in [2.24, 2.45) is 5.41 Å². The largest absolute Gasteiger partial charge is 0.361 e. The zero-order valence-electron chi connectivity index (χ0n) is 17.0. The average molecular weight is 386 g/mol. The third-order valence-corrected chi connectivity index (χ3v) is 7.34. The van der Waals surface area contributed by atoms with Crippen LogP contribution in [0.5, 0.6) is 0 Å². The van der Waals surface area contributed by atoms with Gasteiger partial charge in [-0.15, -0.1) is 0 Å². The molecule has 0 unspecified atom stereocenters. The standard InChI is InChI=1S/C24H27N5/c1-17-21(19-5-4-6-20-18(19)7-12-25-20)22-26-13-16-29(22)23(27-17)28-14-10-24(11-15-28)8-2-3-9-24/h4-7,12-13,16,25H,2-3,8-11,14-15H2,1H3. The summed E-state index contributed by atoms with van der Waals surface area (Å²) < 4.78 is 2.19. The van der Waals surface area contributed by atoms with Gasteiger partial charge in [-0.3, -0.25) is 4.40 Å². The van der Waals surface area contributed by atoms with Crippen molar-refractivity contribution in [3.8, 4) is 11.1 Å². The summed E-state index contributed by atoms with van der Waals surface area (Å²) in [7, 11) is 0. The third-order valence-electron chi connectivity index (χ3n) is 7.34. The van der Waals surface area contributed by atoms with Crippen molar-refractivity contribution in [3.05, 3.63) is 48.5 Å². The van der Waals surface area contributed by atoms with E-state index in [1.54, 1.807) is 0 Å².